The standard InChI is InChI=1S/C17H22N2O4/c1-6-13-16(11(3)23-19-13)17(20)18-10(2)12-7-8-14(21-4)15(9-12)22-5/h7-10H,6H2,1-5H3,(H,18,20)/t10-/m1/s1. The van der Waals surface area contributed by atoms with E-state index in [-0.39, 0.29) is 11.9 Å². The van der Waals surface area contributed by atoms with Crippen LogP contribution in [0.15, 0.2) is 22.7 Å². The summed E-state index contributed by atoms with van der Waals surface area (Å²) < 4.78 is 15.6. The molecule has 1 heterocycles. The van der Waals surface area contributed by atoms with Crippen LogP contribution in [0.25, 0.3) is 0 Å². The maximum Gasteiger partial charge on any atom is 0.257 e. The second kappa shape index (κ2) is 7.17. The molecule has 0 spiro atoms. The van der Waals surface area contributed by atoms with E-state index >= 15 is 0 Å². The normalized spacial score (nSPS) is 11.9. The lowest BCUT2D eigenvalue weighted by molar-refractivity contribution is 0.0937. The molecule has 6 nitrogen and oxygen atoms in total. The van der Waals surface area contributed by atoms with Gasteiger partial charge in [-0.3, -0.25) is 4.79 Å². The summed E-state index contributed by atoms with van der Waals surface area (Å²) in [6, 6.07) is 5.37. The summed E-state index contributed by atoms with van der Waals surface area (Å²) in [5, 5.41) is 6.88. The van der Waals surface area contributed by atoms with Crippen LogP contribution in [-0.2, 0) is 6.42 Å². The maximum atomic E-state index is 12.5. The molecule has 1 amide bonds. The van der Waals surface area contributed by atoms with Crippen molar-refractivity contribution in [2.45, 2.75) is 33.2 Å². The van der Waals surface area contributed by atoms with Crippen LogP contribution in [0.3, 0.4) is 0 Å². The molecule has 1 N–H and O–H groups in total. The molecule has 0 unspecified atom stereocenters. The van der Waals surface area contributed by atoms with Crippen molar-refractivity contribution in [3.8, 4) is 11.5 Å². The molecule has 1 aromatic heterocycles. The van der Waals surface area contributed by atoms with Crippen molar-refractivity contribution < 1.29 is 18.8 Å². The van der Waals surface area contributed by atoms with Gasteiger partial charge in [0.1, 0.15) is 11.3 Å². The van der Waals surface area contributed by atoms with Gasteiger partial charge in [0, 0.05) is 0 Å². The van der Waals surface area contributed by atoms with Gasteiger partial charge in [-0.05, 0) is 38.0 Å². The number of aryl methyl sites for hydroxylation is 2. The van der Waals surface area contributed by atoms with Gasteiger partial charge in [-0.15, -0.1) is 0 Å². The minimum Gasteiger partial charge on any atom is -0.493 e. The van der Waals surface area contributed by atoms with Crippen LogP contribution in [0.5, 0.6) is 11.5 Å². The van der Waals surface area contributed by atoms with Crippen LogP contribution in [0.2, 0.25) is 0 Å². The van der Waals surface area contributed by atoms with Gasteiger partial charge in [0.25, 0.3) is 5.91 Å². The van der Waals surface area contributed by atoms with E-state index in [4.69, 9.17) is 14.0 Å². The molecule has 2 rings (SSSR count). The first-order valence-electron chi connectivity index (χ1n) is 7.49. The van der Waals surface area contributed by atoms with Crippen molar-refractivity contribution in [2.24, 2.45) is 0 Å². The van der Waals surface area contributed by atoms with E-state index in [9.17, 15) is 4.79 Å². The van der Waals surface area contributed by atoms with E-state index in [2.05, 4.69) is 10.5 Å². The van der Waals surface area contributed by atoms with Gasteiger partial charge >= 0.3 is 0 Å². The summed E-state index contributed by atoms with van der Waals surface area (Å²) in [5.74, 6) is 1.61. The number of aromatic nitrogens is 1. The van der Waals surface area contributed by atoms with Gasteiger partial charge in [0.05, 0.1) is 26.0 Å². The summed E-state index contributed by atoms with van der Waals surface area (Å²) in [6.45, 7) is 5.58. The second-order valence-corrected chi connectivity index (χ2v) is 5.22. The quantitative estimate of drug-likeness (QED) is 0.886. The van der Waals surface area contributed by atoms with Crippen molar-refractivity contribution >= 4 is 5.91 Å². The molecule has 0 aliphatic heterocycles. The Labute approximate surface area is 135 Å². The SMILES string of the molecule is CCc1noc(C)c1C(=O)N[C@H](C)c1ccc(OC)c(OC)c1. The average Bonchev–Trinajstić information content (AvgIpc) is 2.94. The molecule has 1 aromatic carbocycles. The smallest absolute Gasteiger partial charge is 0.257 e. The fraction of sp³-hybridized carbons (Fsp3) is 0.412. The Balaban J connectivity index is 2.20. The van der Waals surface area contributed by atoms with Gasteiger partial charge in [-0.1, -0.05) is 18.1 Å². The van der Waals surface area contributed by atoms with E-state index in [0.717, 1.165) is 5.56 Å². The summed E-state index contributed by atoms with van der Waals surface area (Å²) in [4.78, 5) is 12.5. The fourth-order valence-electron chi connectivity index (χ4n) is 2.42. The number of methoxy groups -OCH3 is 2. The van der Waals surface area contributed by atoms with Crippen molar-refractivity contribution in [3.63, 3.8) is 0 Å². The Bertz CT molecular complexity index is 694. The van der Waals surface area contributed by atoms with Crippen molar-refractivity contribution in [3.05, 3.63) is 40.8 Å². The Hall–Kier alpha value is -2.50. The predicted molar refractivity (Wildman–Crippen MR) is 86.0 cm³/mol. The number of ether oxygens (including phenoxy) is 2. The van der Waals surface area contributed by atoms with E-state index in [1.54, 1.807) is 21.1 Å². The number of carbonyl (C=O) groups is 1. The molecule has 124 valence electrons. The third kappa shape index (κ3) is 3.47. The van der Waals surface area contributed by atoms with E-state index in [1.807, 2.05) is 32.0 Å². The van der Waals surface area contributed by atoms with E-state index in [1.165, 1.54) is 0 Å². The summed E-state index contributed by atoms with van der Waals surface area (Å²) in [7, 11) is 3.17. The van der Waals surface area contributed by atoms with Crippen molar-refractivity contribution in [1.82, 2.24) is 10.5 Å². The molecule has 0 saturated carbocycles. The minimum atomic E-state index is -0.193. The molecule has 1 atom stereocenters. The van der Waals surface area contributed by atoms with Crippen molar-refractivity contribution in [2.75, 3.05) is 14.2 Å². The molecule has 0 bridgehead atoms. The van der Waals surface area contributed by atoms with Crippen LogP contribution in [0.1, 0.15) is 47.3 Å². The summed E-state index contributed by atoms with van der Waals surface area (Å²) >= 11 is 0. The molecule has 6 heteroatoms. The van der Waals surface area contributed by atoms with Crippen LogP contribution < -0.4 is 14.8 Å². The summed E-state index contributed by atoms with van der Waals surface area (Å²) in [5.41, 5.74) is 2.10. The second-order valence-electron chi connectivity index (χ2n) is 5.22. The van der Waals surface area contributed by atoms with Gasteiger partial charge in [-0.2, -0.15) is 0 Å². The highest BCUT2D eigenvalue weighted by molar-refractivity contribution is 5.96. The highest BCUT2D eigenvalue weighted by Gasteiger charge is 2.21. The first-order chi connectivity index (χ1) is 11.0. The molecule has 23 heavy (non-hydrogen) atoms. The number of amides is 1. The van der Waals surface area contributed by atoms with Crippen molar-refractivity contribution in [1.29, 1.82) is 0 Å². The van der Waals surface area contributed by atoms with Crippen LogP contribution in [-0.4, -0.2) is 25.3 Å². The van der Waals surface area contributed by atoms with Crippen LogP contribution in [0.4, 0.5) is 0 Å². The van der Waals surface area contributed by atoms with Crippen LogP contribution >= 0.6 is 0 Å². The highest BCUT2D eigenvalue weighted by Crippen LogP contribution is 2.30. The molecule has 0 aliphatic rings. The van der Waals surface area contributed by atoms with E-state index < -0.39 is 0 Å². The minimum absolute atomic E-state index is 0.192. The Morgan fingerprint density at radius 3 is 2.61 bits per heavy atom. The van der Waals surface area contributed by atoms with Gasteiger partial charge in [0.15, 0.2) is 11.5 Å². The molecule has 0 fully saturated rings. The number of rotatable bonds is 6. The molecular formula is C17H22N2O4. The average molecular weight is 318 g/mol. The van der Waals surface area contributed by atoms with Gasteiger partial charge in [-0.25, -0.2) is 0 Å². The van der Waals surface area contributed by atoms with Gasteiger partial charge < -0.3 is 19.3 Å². The largest absolute Gasteiger partial charge is 0.493 e. The maximum absolute atomic E-state index is 12.5. The lowest BCUT2D eigenvalue weighted by Crippen LogP contribution is -2.27. The zero-order valence-corrected chi connectivity index (χ0v) is 14.1. The first-order valence-corrected chi connectivity index (χ1v) is 7.49. The summed E-state index contributed by atoms with van der Waals surface area (Å²) in [6.07, 6.45) is 0.644. The van der Waals surface area contributed by atoms with E-state index in [0.29, 0.717) is 34.9 Å². The Morgan fingerprint density at radius 2 is 2.00 bits per heavy atom. The Morgan fingerprint density at radius 1 is 1.30 bits per heavy atom. The third-order valence-electron chi connectivity index (χ3n) is 3.75. The monoisotopic (exact) mass is 318 g/mol. The number of hydrogen-bond donors (Lipinski definition) is 1. The highest BCUT2D eigenvalue weighted by atomic mass is 16.5. The van der Waals surface area contributed by atoms with Crippen LogP contribution in [0, 0.1) is 6.92 Å². The first kappa shape index (κ1) is 16.9. The molecule has 0 radical (unpaired) electrons. The molecule has 2 aromatic rings. The molecule has 0 saturated heterocycles. The zero-order valence-electron chi connectivity index (χ0n) is 14.1. The number of carbonyl (C=O) groups excluding carboxylic acids is 1. The Kier molecular flexibility index (Phi) is 5.26. The topological polar surface area (TPSA) is 73.6 Å². The number of hydrogen-bond acceptors (Lipinski definition) is 5. The third-order valence-corrected chi connectivity index (χ3v) is 3.75. The number of nitrogens with zero attached hydrogens (tertiary/aromatic N) is 1. The fourth-order valence-corrected chi connectivity index (χ4v) is 2.42. The molecular weight excluding hydrogens is 296 g/mol. The lowest BCUT2D eigenvalue weighted by atomic mass is 10.1. The number of nitrogens with one attached hydrogen (secondary N) is 1. The number of benzene rings is 1. The predicted octanol–water partition coefficient (Wildman–Crippen LogP) is 3.05. The lowest BCUT2D eigenvalue weighted by Gasteiger charge is -2.16. The molecule has 0 aliphatic carbocycles. The van der Waals surface area contributed by atoms with Gasteiger partial charge in [0.2, 0.25) is 0 Å². The zero-order chi connectivity index (χ0) is 17.0.